The predicted molar refractivity (Wildman–Crippen MR) is 92.4 cm³/mol. The third-order valence-electron chi connectivity index (χ3n) is 4.74. The van der Waals surface area contributed by atoms with Crippen molar-refractivity contribution in [1.29, 1.82) is 0 Å². The zero-order valence-corrected chi connectivity index (χ0v) is 14.1. The van der Waals surface area contributed by atoms with Crippen molar-refractivity contribution in [2.24, 2.45) is 5.92 Å². The van der Waals surface area contributed by atoms with E-state index in [1.807, 2.05) is 37.4 Å². The third-order valence-corrected chi connectivity index (χ3v) is 4.74. The smallest absolute Gasteiger partial charge is 0.224 e. The van der Waals surface area contributed by atoms with E-state index in [2.05, 4.69) is 17.2 Å². The Hall–Kier alpha value is -2.14. The predicted octanol–water partition coefficient (Wildman–Crippen LogP) is 2.03. The molecule has 2 aromatic rings. The lowest BCUT2D eigenvalue weighted by molar-refractivity contribution is -0.135. The highest BCUT2D eigenvalue weighted by Crippen LogP contribution is 2.22. The number of carbonyl (C=O) groups is 1. The van der Waals surface area contributed by atoms with Crippen LogP contribution in [-0.2, 0) is 17.8 Å². The second-order valence-corrected chi connectivity index (χ2v) is 6.62. The van der Waals surface area contributed by atoms with Crippen molar-refractivity contribution in [3.63, 3.8) is 0 Å². The molecule has 5 heteroatoms. The number of nitrogens with zero attached hydrogens (tertiary/aromatic N) is 3. The SMILES string of the molecule is Cc1ccn(CCC(=O)N2CC[C@H](Cc3ccccc3)[C@@H](O)C2)n1. The molecule has 0 unspecified atom stereocenters. The van der Waals surface area contributed by atoms with Gasteiger partial charge in [-0.2, -0.15) is 5.10 Å². The van der Waals surface area contributed by atoms with Crippen LogP contribution in [-0.4, -0.2) is 44.9 Å². The molecule has 3 rings (SSSR count). The van der Waals surface area contributed by atoms with Gasteiger partial charge in [-0.05, 0) is 37.3 Å². The van der Waals surface area contributed by atoms with Crippen molar-refractivity contribution in [2.45, 2.75) is 38.8 Å². The zero-order valence-electron chi connectivity index (χ0n) is 14.1. The Morgan fingerprint density at radius 3 is 2.75 bits per heavy atom. The first kappa shape index (κ1) is 16.7. The molecule has 1 aromatic carbocycles. The highest BCUT2D eigenvalue weighted by molar-refractivity contribution is 5.76. The van der Waals surface area contributed by atoms with E-state index in [4.69, 9.17) is 0 Å². The zero-order chi connectivity index (χ0) is 16.9. The minimum Gasteiger partial charge on any atom is -0.391 e. The number of piperidine rings is 1. The van der Waals surface area contributed by atoms with Crippen molar-refractivity contribution in [3.8, 4) is 0 Å². The summed E-state index contributed by atoms with van der Waals surface area (Å²) in [6.07, 6.45) is 3.59. The van der Waals surface area contributed by atoms with E-state index in [9.17, 15) is 9.90 Å². The molecule has 1 aliphatic rings. The monoisotopic (exact) mass is 327 g/mol. The molecule has 1 saturated heterocycles. The van der Waals surface area contributed by atoms with E-state index in [1.54, 1.807) is 9.58 Å². The van der Waals surface area contributed by atoms with Crippen molar-refractivity contribution in [2.75, 3.05) is 13.1 Å². The van der Waals surface area contributed by atoms with Gasteiger partial charge in [0.1, 0.15) is 0 Å². The Balaban J connectivity index is 1.48. The molecule has 0 aliphatic carbocycles. The molecule has 5 nitrogen and oxygen atoms in total. The summed E-state index contributed by atoms with van der Waals surface area (Å²) in [5.74, 6) is 0.325. The number of rotatable bonds is 5. The lowest BCUT2D eigenvalue weighted by Gasteiger charge is -2.36. The molecule has 0 spiro atoms. The van der Waals surface area contributed by atoms with Gasteiger partial charge < -0.3 is 10.0 Å². The molecule has 1 amide bonds. The van der Waals surface area contributed by atoms with Crippen LogP contribution in [0.15, 0.2) is 42.6 Å². The first-order chi connectivity index (χ1) is 11.6. The van der Waals surface area contributed by atoms with Crippen LogP contribution in [0.25, 0.3) is 0 Å². The van der Waals surface area contributed by atoms with E-state index in [0.717, 1.165) is 25.1 Å². The normalized spacial score (nSPS) is 21.0. The van der Waals surface area contributed by atoms with Gasteiger partial charge in [-0.3, -0.25) is 9.48 Å². The molecule has 1 N–H and O–H groups in total. The minimum atomic E-state index is -0.449. The number of β-amino-alcohol motifs (C(OH)–C–C–N with tert-alkyl or cyclic N) is 1. The summed E-state index contributed by atoms with van der Waals surface area (Å²) in [7, 11) is 0. The lowest BCUT2D eigenvalue weighted by Crippen LogP contribution is -2.47. The van der Waals surface area contributed by atoms with E-state index in [0.29, 0.717) is 19.5 Å². The van der Waals surface area contributed by atoms with Crippen LogP contribution in [0.2, 0.25) is 0 Å². The molecule has 1 aromatic heterocycles. The summed E-state index contributed by atoms with van der Waals surface area (Å²) in [5, 5.41) is 14.7. The first-order valence-electron chi connectivity index (χ1n) is 8.61. The van der Waals surface area contributed by atoms with Gasteiger partial charge in [0.15, 0.2) is 0 Å². The molecule has 2 heterocycles. The number of likely N-dealkylation sites (tertiary alicyclic amines) is 1. The van der Waals surface area contributed by atoms with Gasteiger partial charge in [-0.25, -0.2) is 0 Å². The summed E-state index contributed by atoms with van der Waals surface area (Å²) < 4.78 is 1.80. The Bertz CT molecular complexity index is 668. The highest BCUT2D eigenvalue weighted by Gasteiger charge is 2.29. The van der Waals surface area contributed by atoms with Gasteiger partial charge in [0.2, 0.25) is 5.91 Å². The third kappa shape index (κ3) is 4.23. The van der Waals surface area contributed by atoms with Gasteiger partial charge in [0.25, 0.3) is 0 Å². The maximum atomic E-state index is 12.4. The second kappa shape index (κ2) is 7.62. The van der Waals surface area contributed by atoms with Crippen LogP contribution in [0.5, 0.6) is 0 Å². The van der Waals surface area contributed by atoms with Crippen LogP contribution in [0.3, 0.4) is 0 Å². The minimum absolute atomic E-state index is 0.0976. The van der Waals surface area contributed by atoms with Gasteiger partial charge >= 0.3 is 0 Å². The van der Waals surface area contributed by atoms with E-state index >= 15 is 0 Å². The molecule has 1 aliphatic heterocycles. The highest BCUT2D eigenvalue weighted by atomic mass is 16.3. The number of aryl methyl sites for hydroxylation is 2. The standard InChI is InChI=1S/C19H25N3O2/c1-15-7-11-22(20-15)12-9-19(24)21-10-8-17(18(23)14-21)13-16-5-3-2-4-6-16/h2-7,11,17-18,23H,8-10,12-14H2,1H3/t17-,18+/m1/s1. The van der Waals surface area contributed by atoms with E-state index in [1.165, 1.54) is 5.56 Å². The second-order valence-electron chi connectivity index (χ2n) is 6.62. The number of amides is 1. The molecule has 0 radical (unpaired) electrons. The number of benzene rings is 1. The van der Waals surface area contributed by atoms with Gasteiger partial charge in [0, 0.05) is 32.3 Å². The Morgan fingerprint density at radius 1 is 1.29 bits per heavy atom. The fourth-order valence-electron chi connectivity index (χ4n) is 3.32. The van der Waals surface area contributed by atoms with Crippen molar-refractivity contribution < 1.29 is 9.90 Å². The van der Waals surface area contributed by atoms with Gasteiger partial charge in [-0.15, -0.1) is 0 Å². The summed E-state index contributed by atoms with van der Waals surface area (Å²) in [6, 6.07) is 12.2. The first-order valence-corrected chi connectivity index (χ1v) is 8.61. The maximum Gasteiger partial charge on any atom is 0.224 e. The molecule has 24 heavy (non-hydrogen) atoms. The molecule has 2 atom stereocenters. The molecule has 1 fully saturated rings. The average Bonchev–Trinajstić information content (AvgIpc) is 3.01. The van der Waals surface area contributed by atoms with Crippen LogP contribution in [0, 0.1) is 12.8 Å². The Morgan fingerprint density at radius 2 is 2.08 bits per heavy atom. The molecular formula is C19H25N3O2. The molecule has 128 valence electrons. The van der Waals surface area contributed by atoms with Crippen molar-refractivity contribution in [3.05, 3.63) is 53.9 Å². The lowest BCUT2D eigenvalue weighted by atomic mass is 9.88. The van der Waals surface area contributed by atoms with Crippen LogP contribution in [0.1, 0.15) is 24.1 Å². The number of aromatic nitrogens is 2. The molecular weight excluding hydrogens is 302 g/mol. The summed E-state index contributed by atoms with van der Waals surface area (Å²) in [4.78, 5) is 14.2. The van der Waals surface area contributed by atoms with Gasteiger partial charge in [0.05, 0.1) is 11.8 Å². The van der Waals surface area contributed by atoms with E-state index < -0.39 is 6.10 Å². The number of hydrogen-bond donors (Lipinski definition) is 1. The number of aliphatic hydroxyl groups is 1. The number of aliphatic hydroxyl groups excluding tert-OH is 1. The molecule has 0 saturated carbocycles. The number of carbonyl (C=O) groups excluding carboxylic acids is 1. The fourth-order valence-corrected chi connectivity index (χ4v) is 3.32. The Kier molecular flexibility index (Phi) is 5.30. The van der Waals surface area contributed by atoms with Gasteiger partial charge in [-0.1, -0.05) is 30.3 Å². The van der Waals surface area contributed by atoms with Crippen molar-refractivity contribution >= 4 is 5.91 Å². The number of hydrogen-bond acceptors (Lipinski definition) is 3. The largest absolute Gasteiger partial charge is 0.391 e. The van der Waals surface area contributed by atoms with Crippen LogP contribution >= 0.6 is 0 Å². The van der Waals surface area contributed by atoms with Crippen LogP contribution in [0.4, 0.5) is 0 Å². The molecule has 0 bridgehead atoms. The average molecular weight is 327 g/mol. The maximum absolute atomic E-state index is 12.4. The topological polar surface area (TPSA) is 58.4 Å². The quantitative estimate of drug-likeness (QED) is 0.914. The fraction of sp³-hybridized carbons (Fsp3) is 0.474. The summed E-state index contributed by atoms with van der Waals surface area (Å²) >= 11 is 0. The van der Waals surface area contributed by atoms with Crippen molar-refractivity contribution in [1.82, 2.24) is 14.7 Å². The summed E-state index contributed by atoms with van der Waals surface area (Å²) in [5.41, 5.74) is 2.20. The summed E-state index contributed by atoms with van der Waals surface area (Å²) in [6.45, 7) is 3.69. The Labute approximate surface area is 142 Å². The van der Waals surface area contributed by atoms with Crippen LogP contribution < -0.4 is 0 Å². The van der Waals surface area contributed by atoms with E-state index in [-0.39, 0.29) is 11.8 Å².